The maximum absolute atomic E-state index is 9.37. The summed E-state index contributed by atoms with van der Waals surface area (Å²) in [6, 6.07) is 7.34. The molecule has 100 valence electrons. The zero-order valence-electron chi connectivity index (χ0n) is 10.9. The molecule has 0 bridgehead atoms. The van der Waals surface area contributed by atoms with E-state index in [1.54, 1.807) is 12.1 Å². The Morgan fingerprint density at radius 2 is 2.39 bits per heavy atom. The number of aromatic hydroxyl groups is 1. The highest BCUT2D eigenvalue weighted by atomic mass is 16.5. The van der Waals surface area contributed by atoms with Gasteiger partial charge >= 0.3 is 0 Å². The number of nitrogens with one attached hydrogen (secondary N) is 1. The Morgan fingerprint density at radius 1 is 1.50 bits per heavy atom. The number of morpholine rings is 1. The van der Waals surface area contributed by atoms with Crippen molar-refractivity contribution in [1.29, 1.82) is 0 Å². The van der Waals surface area contributed by atoms with E-state index in [0.29, 0.717) is 5.75 Å². The van der Waals surface area contributed by atoms with Crippen LogP contribution in [0.5, 0.6) is 5.75 Å². The van der Waals surface area contributed by atoms with Crippen LogP contribution in [-0.2, 0) is 11.3 Å². The normalized spacial score (nSPS) is 21.1. The van der Waals surface area contributed by atoms with E-state index in [0.717, 1.165) is 44.9 Å². The van der Waals surface area contributed by atoms with Crippen molar-refractivity contribution in [3.63, 3.8) is 0 Å². The average molecular weight is 250 g/mol. The predicted octanol–water partition coefficient (Wildman–Crippen LogP) is 1.20. The van der Waals surface area contributed by atoms with Gasteiger partial charge in [-0.2, -0.15) is 0 Å². The topological polar surface area (TPSA) is 44.7 Å². The maximum atomic E-state index is 9.37. The van der Waals surface area contributed by atoms with Gasteiger partial charge in [0.05, 0.1) is 12.7 Å². The van der Waals surface area contributed by atoms with Crippen LogP contribution in [0.25, 0.3) is 0 Å². The highest BCUT2D eigenvalue weighted by molar-refractivity contribution is 5.26. The van der Waals surface area contributed by atoms with Gasteiger partial charge in [0.2, 0.25) is 0 Å². The average Bonchev–Trinajstić information content (AvgIpc) is 2.39. The molecule has 1 atom stereocenters. The SMILES string of the molecule is CCN1CCOC(CNCc2cccc(O)c2)C1. The van der Waals surface area contributed by atoms with E-state index in [1.165, 1.54) is 0 Å². The van der Waals surface area contributed by atoms with Gasteiger partial charge in [-0.05, 0) is 24.2 Å². The molecule has 0 saturated carbocycles. The summed E-state index contributed by atoms with van der Waals surface area (Å²) in [5.74, 6) is 0.320. The molecule has 1 aromatic rings. The van der Waals surface area contributed by atoms with Crippen molar-refractivity contribution in [2.75, 3.05) is 32.8 Å². The molecule has 1 fully saturated rings. The molecular formula is C14H22N2O2. The molecule has 0 spiro atoms. The van der Waals surface area contributed by atoms with Crippen LogP contribution in [0.4, 0.5) is 0 Å². The van der Waals surface area contributed by atoms with Crippen LogP contribution in [0.1, 0.15) is 12.5 Å². The van der Waals surface area contributed by atoms with Crippen LogP contribution in [0.15, 0.2) is 24.3 Å². The minimum atomic E-state index is 0.274. The van der Waals surface area contributed by atoms with Gasteiger partial charge in [-0.1, -0.05) is 19.1 Å². The fraction of sp³-hybridized carbons (Fsp3) is 0.571. The molecule has 4 nitrogen and oxygen atoms in total. The minimum absolute atomic E-state index is 0.274. The Hall–Kier alpha value is -1.10. The molecule has 2 rings (SSSR count). The number of phenols is 1. The maximum Gasteiger partial charge on any atom is 0.115 e. The Bertz CT molecular complexity index is 371. The lowest BCUT2D eigenvalue weighted by Crippen LogP contribution is -2.46. The first kappa shape index (κ1) is 13.3. The highest BCUT2D eigenvalue weighted by Gasteiger charge is 2.18. The third-order valence-electron chi connectivity index (χ3n) is 3.28. The third-order valence-corrected chi connectivity index (χ3v) is 3.28. The molecule has 1 aliphatic rings. The largest absolute Gasteiger partial charge is 0.508 e. The number of benzene rings is 1. The lowest BCUT2D eigenvalue weighted by molar-refractivity contribution is -0.0253. The van der Waals surface area contributed by atoms with E-state index in [1.807, 2.05) is 12.1 Å². The first-order valence-electron chi connectivity index (χ1n) is 6.60. The lowest BCUT2D eigenvalue weighted by Gasteiger charge is -2.32. The smallest absolute Gasteiger partial charge is 0.115 e. The van der Waals surface area contributed by atoms with Crippen molar-refractivity contribution < 1.29 is 9.84 Å². The summed E-state index contributed by atoms with van der Waals surface area (Å²) in [7, 11) is 0. The van der Waals surface area contributed by atoms with Crippen molar-refractivity contribution in [3.8, 4) is 5.75 Å². The molecule has 1 unspecified atom stereocenters. The van der Waals surface area contributed by atoms with Gasteiger partial charge < -0.3 is 15.2 Å². The van der Waals surface area contributed by atoms with Crippen LogP contribution >= 0.6 is 0 Å². The van der Waals surface area contributed by atoms with Crippen molar-refractivity contribution in [2.45, 2.75) is 19.6 Å². The molecule has 1 aromatic carbocycles. The second kappa shape index (κ2) is 6.73. The Morgan fingerprint density at radius 3 is 3.17 bits per heavy atom. The van der Waals surface area contributed by atoms with E-state index in [9.17, 15) is 5.11 Å². The zero-order valence-corrected chi connectivity index (χ0v) is 10.9. The van der Waals surface area contributed by atoms with Crippen LogP contribution in [0, 0.1) is 0 Å². The summed E-state index contributed by atoms with van der Waals surface area (Å²) in [5.41, 5.74) is 1.10. The van der Waals surface area contributed by atoms with E-state index >= 15 is 0 Å². The van der Waals surface area contributed by atoms with Crippen LogP contribution in [0.2, 0.25) is 0 Å². The van der Waals surface area contributed by atoms with Gasteiger partial charge in [-0.3, -0.25) is 4.90 Å². The number of ether oxygens (including phenoxy) is 1. The summed E-state index contributed by atoms with van der Waals surface area (Å²) in [4.78, 5) is 2.41. The number of hydrogen-bond donors (Lipinski definition) is 2. The van der Waals surface area contributed by atoms with Gasteiger partial charge in [0.15, 0.2) is 0 Å². The minimum Gasteiger partial charge on any atom is -0.508 e. The van der Waals surface area contributed by atoms with Crippen molar-refractivity contribution >= 4 is 0 Å². The number of rotatable bonds is 5. The third kappa shape index (κ3) is 3.98. The van der Waals surface area contributed by atoms with E-state index in [2.05, 4.69) is 17.1 Å². The lowest BCUT2D eigenvalue weighted by atomic mass is 10.2. The number of likely N-dealkylation sites (N-methyl/N-ethyl adjacent to an activating group) is 1. The fourth-order valence-electron chi connectivity index (χ4n) is 2.24. The summed E-state index contributed by atoms with van der Waals surface area (Å²) >= 11 is 0. The molecule has 0 aromatic heterocycles. The number of nitrogens with zero attached hydrogens (tertiary/aromatic N) is 1. The molecule has 2 N–H and O–H groups in total. The molecule has 1 saturated heterocycles. The first-order valence-corrected chi connectivity index (χ1v) is 6.60. The van der Waals surface area contributed by atoms with Crippen LogP contribution in [-0.4, -0.2) is 48.9 Å². The van der Waals surface area contributed by atoms with Gasteiger partial charge in [-0.15, -0.1) is 0 Å². The van der Waals surface area contributed by atoms with Crippen molar-refractivity contribution in [1.82, 2.24) is 10.2 Å². The molecule has 0 amide bonds. The molecule has 0 radical (unpaired) electrons. The van der Waals surface area contributed by atoms with E-state index in [-0.39, 0.29) is 6.10 Å². The van der Waals surface area contributed by atoms with Crippen LogP contribution < -0.4 is 5.32 Å². The molecular weight excluding hydrogens is 228 g/mol. The first-order chi connectivity index (χ1) is 8.78. The Balaban J connectivity index is 1.72. The summed E-state index contributed by atoms with van der Waals surface area (Å²) < 4.78 is 5.72. The highest BCUT2D eigenvalue weighted by Crippen LogP contribution is 2.10. The Labute approximate surface area is 109 Å². The molecule has 4 heteroatoms. The van der Waals surface area contributed by atoms with Gasteiger partial charge in [0.25, 0.3) is 0 Å². The Kier molecular flexibility index (Phi) is 4.99. The predicted molar refractivity (Wildman–Crippen MR) is 71.7 cm³/mol. The molecule has 1 heterocycles. The standard InChI is InChI=1S/C14H22N2O2/c1-2-16-6-7-18-14(11-16)10-15-9-12-4-3-5-13(17)8-12/h3-5,8,14-15,17H,2,6-7,9-11H2,1H3. The fourth-order valence-corrected chi connectivity index (χ4v) is 2.24. The molecule has 18 heavy (non-hydrogen) atoms. The molecule has 1 aliphatic heterocycles. The summed E-state index contributed by atoms with van der Waals surface area (Å²) in [6.07, 6.45) is 0.274. The second-order valence-electron chi connectivity index (χ2n) is 4.69. The number of phenolic OH excluding ortho intramolecular Hbond substituents is 1. The second-order valence-corrected chi connectivity index (χ2v) is 4.69. The summed E-state index contributed by atoms with van der Waals surface area (Å²) in [5, 5.41) is 12.7. The van der Waals surface area contributed by atoms with Gasteiger partial charge in [0, 0.05) is 26.2 Å². The summed E-state index contributed by atoms with van der Waals surface area (Å²) in [6.45, 7) is 7.76. The van der Waals surface area contributed by atoms with E-state index < -0.39 is 0 Å². The quantitative estimate of drug-likeness (QED) is 0.824. The molecule has 0 aliphatic carbocycles. The van der Waals surface area contributed by atoms with Gasteiger partial charge in [0.1, 0.15) is 5.75 Å². The van der Waals surface area contributed by atoms with Gasteiger partial charge in [-0.25, -0.2) is 0 Å². The van der Waals surface area contributed by atoms with Crippen LogP contribution in [0.3, 0.4) is 0 Å². The van der Waals surface area contributed by atoms with Crippen molar-refractivity contribution in [2.24, 2.45) is 0 Å². The monoisotopic (exact) mass is 250 g/mol. The zero-order chi connectivity index (χ0) is 12.8. The van der Waals surface area contributed by atoms with Crippen molar-refractivity contribution in [3.05, 3.63) is 29.8 Å². The number of hydrogen-bond acceptors (Lipinski definition) is 4. The van der Waals surface area contributed by atoms with E-state index in [4.69, 9.17) is 4.74 Å².